The molecule has 82 valence electrons. The maximum atomic E-state index is 11.6. The van der Waals surface area contributed by atoms with Crippen molar-refractivity contribution in [2.75, 3.05) is 13.1 Å². The molecule has 15 heavy (non-hydrogen) atoms. The van der Waals surface area contributed by atoms with Crippen molar-refractivity contribution in [2.45, 2.75) is 19.9 Å². The average Bonchev–Trinajstić information content (AvgIpc) is 2.25. The molecule has 0 aromatic heterocycles. The van der Waals surface area contributed by atoms with Gasteiger partial charge in [-0.05, 0) is 12.1 Å². The quantitative estimate of drug-likeness (QED) is 0.715. The topological polar surface area (TPSA) is 41.1 Å². The predicted octanol–water partition coefficient (Wildman–Crippen LogP) is 1.41. The second-order valence-corrected chi connectivity index (χ2v) is 3.73. The summed E-state index contributed by atoms with van der Waals surface area (Å²) in [6, 6.07) is 9.70. The van der Waals surface area contributed by atoms with Crippen LogP contribution in [-0.2, 0) is 0 Å². The van der Waals surface area contributed by atoms with Crippen LogP contribution in [0.15, 0.2) is 30.3 Å². The fraction of sp³-hybridized carbons (Fsp3) is 0.417. The highest BCUT2D eigenvalue weighted by Gasteiger charge is 2.02. The minimum Gasteiger partial charge on any atom is -0.351 e. The Bertz CT molecular complexity index is 296. The molecule has 0 aliphatic carbocycles. The van der Waals surface area contributed by atoms with E-state index in [-0.39, 0.29) is 5.91 Å². The third-order valence-electron chi connectivity index (χ3n) is 2.00. The molecule has 0 saturated carbocycles. The number of hydrogen-bond acceptors (Lipinski definition) is 2. The Hall–Kier alpha value is -1.35. The molecule has 0 unspecified atom stereocenters. The van der Waals surface area contributed by atoms with Crippen LogP contribution in [0.1, 0.15) is 24.2 Å². The van der Waals surface area contributed by atoms with E-state index in [1.807, 2.05) is 30.3 Å². The normalized spacial score (nSPS) is 10.3. The molecule has 0 heterocycles. The van der Waals surface area contributed by atoms with E-state index in [2.05, 4.69) is 24.5 Å². The summed E-state index contributed by atoms with van der Waals surface area (Å²) >= 11 is 0. The molecule has 3 nitrogen and oxygen atoms in total. The van der Waals surface area contributed by atoms with Crippen LogP contribution in [0.5, 0.6) is 0 Å². The van der Waals surface area contributed by atoms with Crippen LogP contribution in [0.2, 0.25) is 0 Å². The van der Waals surface area contributed by atoms with Crippen LogP contribution in [0.25, 0.3) is 0 Å². The molecule has 1 aromatic rings. The molecular formula is C12H18N2O. The Labute approximate surface area is 90.9 Å². The van der Waals surface area contributed by atoms with Crippen molar-refractivity contribution in [3.63, 3.8) is 0 Å². The van der Waals surface area contributed by atoms with Gasteiger partial charge in [0.05, 0.1) is 0 Å². The van der Waals surface area contributed by atoms with Crippen molar-refractivity contribution < 1.29 is 4.79 Å². The number of carbonyl (C=O) groups is 1. The zero-order valence-electron chi connectivity index (χ0n) is 9.29. The molecule has 3 heteroatoms. The van der Waals surface area contributed by atoms with Crippen LogP contribution in [0.4, 0.5) is 0 Å². The van der Waals surface area contributed by atoms with Gasteiger partial charge in [0.25, 0.3) is 5.91 Å². The van der Waals surface area contributed by atoms with E-state index in [1.54, 1.807) is 0 Å². The third kappa shape index (κ3) is 4.61. The van der Waals surface area contributed by atoms with E-state index >= 15 is 0 Å². The van der Waals surface area contributed by atoms with Gasteiger partial charge in [0.1, 0.15) is 0 Å². The van der Waals surface area contributed by atoms with E-state index in [1.165, 1.54) is 0 Å². The van der Waals surface area contributed by atoms with E-state index in [4.69, 9.17) is 0 Å². The minimum atomic E-state index is -0.0128. The standard InChI is InChI=1S/C12H18N2O/c1-10(2)13-8-9-14-12(15)11-6-4-3-5-7-11/h3-7,10,13H,8-9H2,1-2H3,(H,14,15). The van der Waals surface area contributed by atoms with Gasteiger partial charge in [0.15, 0.2) is 0 Å². The number of amides is 1. The predicted molar refractivity (Wildman–Crippen MR) is 61.9 cm³/mol. The van der Waals surface area contributed by atoms with E-state index in [9.17, 15) is 4.79 Å². The molecule has 1 aromatic carbocycles. The lowest BCUT2D eigenvalue weighted by atomic mass is 10.2. The third-order valence-corrected chi connectivity index (χ3v) is 2.00. The highest BCUT2D eigenvalue weighted by molar-refractivity contribution is 5.94. The van der Waals surface area contributed by atoms with Gasteiger partial charge in [0, 0.05) is 24.7 Å². The summed E-state index contributed by atoms with van der Waals surface area (Å²) in [6.07, 6.45) is 0. The van der Waals surface area contributed by atoms with Gasteiger partial charge >= 0.3 is 0 Å². The van der Waals surface area contributed by atoms with E-state index < -0.39 is 0 Å². The zero-order valence-corrected chi connectivity index (χ0v) is 9.29. The molecule has 1 rings (SSSR count). The largest absolute Gasteiger partial charge is 0.351 e. The monoisotopic (exact) mass is 206 g/mol. The maximum Gasteiger partial charge on any atom is 0.251 e. The van der Waals surface area contributed by atoms with Crippen LogP contribution < -0.4 is 10.6 Å². The summed E-state index contributed by atoms with van der Waals surface area (Å²) in [5.41, 5.74) is 0.710. The second kappa shape index (κ2) is 6.19. The molecule has 0 fully saturated rings. The zero-order chi connectivity index (χ0) is 11.1. The first-order valence-corrected chi connectivity index (χ1v) is 5.27. The van der Waals surface area contributed by atoms with Gasteiger partial charge in [-0.25, -0.2) is 0 Å². The Morgan fingerprint density at radius 2 is 1.87 bits per heavy atom. The number of rotatable bonds is 5. The van der Waals surface area contributed by atoms with Gasteiger partial charge in [0.2, 0.25) is 0 Å². The first kappa shape index (κ1) is 11.7. The van der Waals surface area contributed by atoms with Crippen LogP contribution >= 0.6 is 0 Å². The van der Waals surface area contributed by atoms with Gasteiger partial charge in [-0.2, -0.15) is 0 Å². The number of carbonyl (C=O) groups excluding carboxylic acids is 1. The highest BCUT2D eigenvalue weighted by Crippen LogP contribution is 1.96. The van der Waals surface area contributed by atoms with Gasteiger partial charge in [-0.15, -0.1) is 0 Å². The van der Waals surface area contributed by atoms with Crippen molar-refractivity contribution in [3.8, 4) is 0 Å². The first-order valence-electron chi connectivity index (χ1n) is 5.27. The summed E-state index contributed by atoms with van der Waals surface area (Å²) in [7, 11) is 0. The SMILES string of the molecule is CC(C)NCCNC(=O)c1ccccc1. The number of hydrogen-bond donors (Lipinski definition) is 2. The van der Waals surface area contributed by atoms with Crippen molar-refractivity contribution in [1.82, 2.24) is 10.6 Å². The van der Waals surface area contributed by atoms with Gasteiger partial charge in [-0.1, -0.05) is 32.0 Å². The van der Waals surface area contributed by atoms with Gasteiger partial charge < -0.3 is 10.6 Å². The van der Waals surface area contributed by atoms with Gasteiger partial charge in [-0.3, -0.25) is 4.79 Å². The highest BCUT2D eigenvalue weighted by atomic mass is 16.1. The Morgan fingerprint density at radius 3 is 2.47 bits per heavy atom. The van der Waals surface area contributed by atoms with Crippen molar-refractivity contribution in [2.24, 2.45) is 0 Å². The number of nitrogens with one attached hydrogen (secondary N) is 2. The van der Waals surface area contributed by atoms with Crippen LogP contribution in [0.3, 0.4) is 0 Å². The molecule has 1 amide bonds. The molecule has 0 aliphatic rings. The molecule has 0 bridgehead atoms. The summed E-state index contributed by atoms with van der Waals surface area (Å²) in [5.74, 6) is -0.0128. The fourth-order valence-electron chi connectivity index (χ4n) is 1.23. The molecule has 0 spiro atoms. The van der Waals surface area contributed by atoms with Crippen molar-refractivity contribution in [1.29, 1.82) is 0 Å². The molecule has 0 aliphatic heterocycles. The minimum absolute atomic E-state index is 0.0128. The molecular weight excluding hydrogens is 188 g/mol. The smallest absolute Gasteiger partial charge is 0.251 e. The summed E-state index contributed by atoms with van der Waals surface area (Å²) < 4.78 is 0. The van der Waals surface area contributed by atoms with Crippen molar-refractivity contribution >= 4 is 5.91 Å². The van der Waals surface area contributed by atoms with E-state index in [0.717, 1.165) is 6.54 Å². The summed E-state index contributed by atoms with van der Waals surface area (Å²) in [5, 5.41) is 6.09. The number of benzene rings is 1. The van der Waals surface area contributed by atoms with Crippen LogP contribution in [-0.4, -0.2) is 25.0 Å². The summed E-state index contributed by atoms with van der Waals surface area (Å²) in [4.78, 5) is 11.6. The Kier molecular flexibility index (Phi) is 4.84. The summed E-state index contributed by atoms with van der Waals surface area (Å²) in [6.45, 7) is 5.63. The lowest BCUT2D eigenvalue weighted by Gasteiger charge is -2.08. The lowest BCUT2D eigenvalue weighted by molar-refractivity contribution is 0.0953. The average molecular weight is 206 g/mol. The Morgan fingerprint density at radius 1 is 1.20 bits per heavy atom. The van der Waals surface area contributed by atoms with E-state index in [0.29, 0.717) is 18.2 Å². The second-order valence-electron chi connectivity index (χ2n) is 3.73. The lowest BCUT2D eigenvalue weighted by Crippen LogP contribution is -2.34. The Balaban J connectivity index is 2.25. The maximum absolute atomic E-state index is 11.6. The first-order chi connectivity index (χ1) is 7.20. The van der Waals surface area contributed by atoms with Crippen LogP contribution in [0, 0.1) is 0 Å². The molecule has 0 radical (unpaired) electrons. The molecule has 0 saturated heterocycles. The fourth-order valence-corrected chi connectivity index (χ4v) is 1.23. The van der Waals surface area contributed by atoms with Crippen molar-refractivity contribution in [3.05, 3.63) is 35.9 Å². The molecule has 2 N–H and O–H groups in total. The molecule has 0 atom stereocenters.